The zero-order chi connectivity index (χ0) is 26.6. The number of alkyl carbamates (subject to hydrolysis) is 1. The van der Waals surface area contributed by atoms with Gasteiger partial charge in [0.2, 0.25) is 11.8 Å². The maximum Gasteiger partial charge on any atom is 0.408 e. The lowest BCUT2D eigenvalue weighted by Gasteiger charge is -2.19. The number of nitrogens with one attached hydrogen (secondary N) is 3. The quantitative estimate of drug-likeness (QED) is 0.440. The van der Waals surface area contributed by atoms with Gasteiger partial charge in [0, 0.05) is 25.6 Å². The summed E-state index contributed by atoms with van der Waals surface area (Å²) in [5.74, 6) is -2.74. The van der Waals surface area contributed by atoms with Crippen molar-refractivity contribution in [2.75, 3.05) is 19.6 Å². The van der Waals surface area contributed by atoms with Crippen molar-refractivity contribution in [1.29, 1.82) is 0 Å². The standard InChI is InChI=1S/C22H25F2N3O4.C2H5NO/c1-22(2,3)31-21(30)27-13-19(28)25-10-11-26-20(29)16-12-14(8-9-18(16)24)15-6-4-5-7-17(15)23;1-2(3)4/h4-9,12H,10-11,13H2,1-3H3,(H,25,28)(H,26,29)(H,27,30);1H3,(H2,3,4). The SMILES string of the molecule is CC(C)(C)OC(=O)NCC(=O)NCCNC(=O)c1cc(-c2ccccc2F)ccc1F.CC(N)=O. The molecule has 0 atom stereocenters. The topological polar surface area (TPSA) is 140 Å². The fraction of sp³-hybridized carbons (Fsp3) is 0.333. The van der Waals surface area contributed by atoms with E-state index in [2.05, 4.69) is 21.7 Å². The van der Waals surface area contributed by atoms with E-state index in [1.807, 2.05) is 0 Å². The molecule has 0 fully saturated rings. The number of carbonyl (C=O) groups is 4. The van der Waals surface area contributed by atoms with E-state index in [0.717, 1.165) is 6.07 Å². The average molecular weight is 493 g/mol. The van der Waals surface area contributed by atoms with Crippen molar-refractivity contribution in [2.24, 2.45) is 5.73 Å². The Morgan fingerprint density at radius 1 is 0.914 bits per heavy atom. The highest BCUT2D eigenvalue weighted by Gasteiger charge is 2.17. The van der Waals surface area contributed by atoms with Gasteiger partial charge in [0.05, 0.1) is 12.1 Å². The van der Waals surface area contributed by atoms with E-state index in [-0.39, 0.29) is 36.7 Å². The molecule has 2 aromatic rings. The van der Waals surface area contributed by atoms with Gasteiger partial charge in [0.25, 0.3) is 5.91 Å². The zero-order valence-corrected chi connectivity index (χ0v) is 20.0. The highest BCUT2D eigenvalue weighted by atomic mass is 19.1. The number of carbonyl (C=O) groups excluding carboxylic acids is 4. The third-order valence-electron chi connectivity index (χ3n) is 3.92. The van der Waals surface area contributed by atoms with Gasteiger partial charge >= 0.3 is 6.09 Å². The lowest BCUT2D eigenvalue weighted by atomic mass is 10.0. The Morgan fingerprint density at radius 2 is 1.51 bits per heavy atom. The molecule has 0 aliphatic carbocycles. The molecule has 9 nitrogen and oxygen atoms in total. The second-order valence-corrected chi connectivity index (χ2v) is 8.25. The van der Waals surface area contributed by atoms with Crippen molar-refractivity contribution in [3.05, 3.63) is 59.7 Å². The van der Waals surface area contributed by atoms with E-state index < -0.39 is 35.1 Å². The van der Waals surface area contributed by atoms with Crippen molar-refractivity contribution in [3.8, 4) is 11.1 Å². The molecule has 35 heavy (non-hydrogen) atoms. The number of nitrogens with two attached hydrogens (primary N) is 1. The zero-order valence-electron chi connectivity index (χ0n) is 20.0. The van der Waals surface area contributed by atoms with Crippen LogP contribution in [0.5, 0.6) is 0 Å². The first-order chi connectivity index (χ1) is 16.3. The molecule has 0 saturated heterocycles. The van der Waals surface area contributed by atoms with Gasteiger partial charge in [-0.15, -0.1) is 0 Å². The predicted molar refractivity (Wildman–Crippen MR) is 126 cm³/mol. The first-order valence-electron chi connectivity index (χ1n) is 10.6. The number of rotatable bonds is 7. The van der Waals surface area contributed by atoms with Crippen LogP contribution in [0.3, 0.4) is 0 Å². The predicted octanol–water partition coefficient (Wildman–Crippen LogP) is 2.49. The molecule has 0 bridgehead atoms. The molecule has 5 N–H and O–H groups in total. The number of halogens is 2. The minimum absolute atomic E-state index is 0.0282. The summed E-state index contributed by atoms with van der Waals surface area (Å²) in [6, 6.07) is 9.74. The van der Waals surface area contributed by atoms with Crippen molar-refractivity contribution >= 4 is 23.8 Å². The van der Waals surface area contributed by atoms with Gasteiger partial charge in [0.15, 0.2) is 0 Å². The highest BCUT2D eigenvalue weighted by Crippen LogP contribution is 2.24. The molecule has 0 saturated carbocycles. The van der Waals surface area contributed by atoms with Crippen LogP contribution in [-0.4, -0.2) is 49.1 Å². The van der Waals surface area contributed by atoms with Gasteiger partial charge in [0.1, 0.15) is 17.2 Å². The van der Waals surface area contributed by atoms with Gasteiger partial charge in [-0.2, -0.15) is 0 Å². The molecular formula is C24H30F2N4O5. The number of benzene rings is 2. The molecule has 2 aromatic carbocycles. The Balaban J connectivity index is 0.00000142. The fourth-order valence-corrected chi connectivity index (χ4v) is 2.56. The molecule has 190 valence electrons. The maximum absolute atomic E-state index is 14.1. The van der Waals surface area contributed by atoms with E-state index in [0.29, 0.717) is 5.56 Å². The molecule has 0 spiro atoms. The van der Waals surface area contributed by atoms with E-state index in [1.54, 1.807) is 26.8 Å². The minimum Gasteiger partial charge on any atom is -0.444 e. The molecule has 4 amide bonds. The number of primary amides is 1. The number of ether oxygens (including phenoxy) is 1. The molecular weight excluding hydrogens is 462 g/mol. The molecule has 0 unspecified atom stereocenters. The van der Waals surface area contributed by atoms with E-state index in [4.69, 9.17) is 4.74 Å². The van der Waals surface area contributed by atoms with Crippen LogP contribution in [-0.2, 0) is 14.3 Å². The molecule has 0 aliphatic heterocycles. The monoisotopic (exact) mass is 492 g/mol. The summed E-state index contributed by atoms with van der Waals surface area (Å²) in [5, 5.41) is 7.29. The Bertz CT molecular complexity index is 1050. The van der Waals surface area contributed by atoms with Gasteiger partial charge in [-0.3, -0.25) is 14.4 Å². The Hall–Kier alpha value is -4.02. The normalized spacial score (nSPS) is 10.3. The highest BCUT2D eigenvalue weighted by molar-refractivity contribution is 5.95. The minimum atomic E-state index is -0.747. The molecule has 2 rings (SSSR count). The van der Waals surface area contributed by atoms with Crippen LogP contribution in [0, 0.1) is 11.6 Å². The third-order valence-corrected chi connectivity index (χ3v) is 3.92. The van der Waals surface area contributed by atoms with Gasteiger partial charge in [-0.25, -0.2) is 13.6 Å². The van der Waals surface area contributed by atoms with Gasteiger partial charge in [-0.05, 0) is 44.5 Å². The van der Waals surface area contributed by atoms with Crippen molar-refractivity contribution in [2.45, 2.75) is 33.3 Å². The second-order valence-electron chi connectivity index (χ2n) is 8.25. The van der Waals surface area contributed by atoms with Crippen molar-refractivity contribution in [1.82, 2.24) is 16.0 Å². The summed E-state index contributed by atoms with van der Waals surface area (Å²) in [4.78, 5) is 44.7. The van der Waals surface area contributed by atoms with E-state index >= 15 is 0 Å². The second kappa shape index (κ2) is 13.6. The summed E-state index contributed by atoms with van der Waals surface area (Å²) >= 11 is 0. The van der Waals surface area contributed by atoms with Crippen LogP contribution in [0.2, 0.25) is 0 Å². The number of hydrogen-bond donors (Lipinski definition) is 4. The number of hydrogen-bond acceptors (Lipinski definition) is 5. The van der Waals surface area contributed by atoms with E-state index in [1.165, 1.54) is 37.3 Å². The van der Waals surface area contributed by atoms with Crippen molar-refractivity contribution < 1.29 is 32.7 Å². The van der Waals surface area contributed by atoms with Crippen LogP contribution in [0.4, 0.5) is 13.6 Å². The smallest absolute Gasteiger partial charge is 0.408 e. The van der Waals surface area contributed by atoms with Crippen LogP contribution < -0.4 is 21.7 Å². The lowest BCUT2D eigenvalue weighted by Crippen LogP contribution is -2.42. The maximum atomic E-state index is 14.1. The first-order valence-corrected chi connectivity index (χ1v) is 10.6. The van der Waals surface area contributed by atoms with Crippen LogP contribution in [0.1, 0.15) is 38.1 Å². The molecule has 0 aromatic heterocycles. The molecule has 0 aliphatic rings. The summed E-state index contributed by atoms with van der Waals surface area (Å²) in [6.07, 6.45) is -0.721. The average Bonchev–Trinajstić information content (AvgIpc) is 2.74. The Labute approximate surface area is 202 Å². The summed E-state index contributed by atoms with van der Waals surface area (Å²) in [6.45, 7) is 6.20. The lowest BCUT2D eigenvalue weighted by molar-refractivity contribution is -0.120. The third kappa shape index (κ3) is 11.6. The molecule has 11 heteroatoms. The van der Waals surface area contributed by atoms with Crippen LogP contribution >= 0.6 is 0 Å². The first kappa shape index (κ1) is 29.0. The van der Waals surface area contributed by atoms with Gasteiger partial charge in [-0.1, -0.05) is 24.3 Å². The van der Waals surface area contributed by atoms with E-state index in [9.17, 15) is 28.0 Å². The molecule has 0 radical (unpaired) electrons. The van der Waals surface area contributed by atoms with Gasteiger partial charge < -0.3 is 26.4 Å². The van der Waals surface area contributed by atoms with Crippen LogP contribution in [0.15, 0.2) is 42.5 Å². The summed E-state index contributed by atoms with van der Waals surface area (Å²) in [7, 11) is 0. The Kier molecular flexibility index (Phi) is 11.3. The number of amides is 4. The largest absolute Gasteiger partial charge is 0.444 e. The summed E-state index contributed by atoms with van der Waals surface area (Å²) < 4.78 is 33.1. The van der Waals surface area contributed by atoms with Crippen molar-refractivity contribution in [3.63, 3.8) is 0 Å². The Morgan fingerprint density at radius 3 is 2.11 bits per heavy atom. The molecule has 0 heterocycles. The van der Waals surface area contributed by atoms with Crippen LogP contribution in [0.25, 0.3) is 11.1 Å². The fourth-order valence-electron chi connectivity index (χ4n) is 2.56. The summed E-state index contributed by atoms with van der Waals surface area (Å²) in [5.41, 5.74) is 4.18.